The lowest BCUT2D eigenvalue weighted by Gasteiger charge is -2.10. The highest BCUT2D eigenvalue weighted by Gasteiger charge is 2.17. The van der Waals surface area contributed by atoms with E-state index in [1.165, 1.54) is 0 Å². The van der Waals surface area contributed by atoms with Crippen LogP contribution in [0.15, 0.2) is 0 Å². The van der Waals surface area contributed by atoms with Crippen LogP contribution in [0, 0.1) is 5.41 Å². The lowest BCUT2D eigenvalue weighted by molar-refractivity contribution is -0.165. The molecule has 1 atom stereocenters. The van der Waals surface area contributed by atoms with E-state index >= 15 is 0 Å². The number of hydrogen-bond acceptors (Lipinski definition) is 2. The predicted molar refractivity (Wildman–Crippen MR) is 31.9 cm³/mol. The average Bonchev–Trinajstić information content (AvgIpc) is 1.21. The van der Waals surface area contributed by atoms with E-state index in [0.29, 0.717) is 0 Å². The van der Waals surface area contributed by atoms with Crippen LogP contribution in [0.1, 0.15) is 20.8 Å². The Kier molecular flexibility index (Phi) is 2.58. The Hall–Kier alpha value is 0.0600. The van der Waals surface area contributed by atoms with E-state index in [-0.39, 0.29) is 11.6 Å². The van der Waals surface area contributed by atoms with Gasteiger partial charge in [-0.25, -0.2) is 0 Å². The normalized spacial score (nSPS) is 13.8. The molecule has 8 heavy (non-hydrogen) atoms. The SMILES string of the molecule is CC(C)(C)C[P+](=O)[O-]. The molecule has 0 bridgehead atoms. The molecular weight excluding hydrogens is 123 g/mol. The standard InChI is InChI=1S/C5H11O2P/c1-5(2,3)4-8(6)7/h4H2,1-3H3. The summed E-state index contributed by atoms with van der Waals surface area (Å²) in [5, 5.41) is 0. The lowest BCUT2D eigenvalue weighted by atomic mass is 10.0. The Labute approximate surface area is 50.8 Å². The summed E-state index contributed by atoms with van der Waals surface area (Å²) in [6, 6.07) is 0. The van der Waals surface area contributed by atoms with Gasteiger partial charge in [0.05, 0.1) is 0 Å². The summed E-state index contributed by atoms with van der Waals surface area (Å²) in [6.07, 6.45) is 0.280. The summed E-state index contributed by atoms with van der Waals surface area (Å²) in [7, 11) is -2.19. The van der Waals surface area contributed by atoms with Gasteiger partial charge in [0.1, 0.15) is 6.16 Å². The Morgan fingerprint density at radius 2 is 1.88 bits per heavy atom. The molecule has 0 aliphatic carbocycles. The van der Waals surface area contributed by atoms with Gasteiger partial charge in [0, 0.05) is 5.41 Å². The van der Waals surface area contributed by atoms with Crippen molar-refractivity contribution in [2.24, 2.45) is 5.41 Å². The summed E-state index contributed by atoms with van der Waals surface area (Å²) < 4.78 is 10.1. The van der Waals surface area contributed by atoms with Crippen LogP contribution in [0.2, 0.25) is 0 Å². The van der Waals surface area contributed by atoms with Crippen molar-refractivity contribution in [2.75, 3.05) is 6.16 Å². The third kappa shape index (κ3) is 6.06. The van der Waals surface area contributed by atoms with Crippen molar-refractivity contribution in [1.82, 2.24) is 0 Å². The van der Waals surface area contributed by atoms with Gasteiger partial charge in [-0.15, -0.1) is 0 Å². The van der Waals surface area contributed by atoms with E-state index in [1.807, 2.05) is 20.8 Å². The highest BCUT2D eigenvalue weighted by molar-refractivity contribution is 7.36. The molecule has 0 spiro atoms. The molecule has 0 aliphatic heterocycles. The molecule has 0 aromatic carbocycles. The Morgan fingerprint density at radius 3 is 1.88 bits per heavy atom. The van der Waals surface area contributed by atoms with Crippen molar-refractivity contribution < 1.29 is 9.46 Å². The minimum Gasteiger partial charge on any atom is -0.596 e. The second-order valence-corrected chi connectivity index (χ2v) is 4.03. The summed E-state index contributed by atoms with van der Waals surface area (Å²) in [4.78, 5) is 10.1. The predicted octanol–water partition coefficient (Wildman–Crippen LogP) is 1.14. The van der Waals surface area contributed by atoms with E-state index in [9.17, 15) is 9.46 Å². The van der Waals surface area contributed by atoms with E-state index in [4.69, 9.17) is 0 Å². The van der Waals surface area contributed by atoms with E-state index in [0.717, 1.165) is 0 Å². The van der Waals surface area contributed by atoms with Crippen molar-refractivity contribution in [1.29, 1.82) is 0 Å². The van der Waals surface area contributed by atoms with Crippen LogP contribution in [0.25, 0.3) is 0 Å². The molecule has 0 aromatic heterocycles. The fraction of sp³-hybridized carbons (Fsp3) is 1.00. The largest absolute Gasteiger partial charge is 0.596 e. The number of rotatable bonds is 1. The summed E-state index contributed by atoms with van der Waals surface area (Å²) >= 11 is 0. The van der Waals surface area contributed by atoms with Gasteiger partial charge in [-0.3, -0.25) is 0 Å². The first-order valence-corrected chi connectivity index (χ1v) is 3.90. The molecule has 0 amide bonds. The zero-order chi connectivity index (χ0) is 6.78. The molecule has 2 nitrogen and oxygen atoms in total. The fourth-order valence-corrected chi connectivity index (χ4v) is 1.16. The molecule has 0 aliphatic rings. The average molecular weight is 134 g/mol. The van der Waals surface area contributed by atoms with Crippen molar-refractivity contribution in [3.8, 4) is 0 Å². The van der Waals surface area contributed by atoms with Crippen LogP contribution in [0.5, 0.6) is 0 Å². The Balaban J connectivity index is 3.55. The van der Waals surface area contributed by atoms with Crippen LogP contribution >= 0.6 is 8.03 Å². The minimum atomic E-state index is -2.19. The highest BCUT2D eigenvalue weighted by Crippen LogP contribution is 2.23. The van der Waals surface area contributed by atoms with Gasteiger partial charge in [0.15, 0.2) is 0 Å². The smallest absolute Gasteiger partial charge is 0.309 e. The molecule has 1 unspecified atom stereocenters. The van der Waals surface area contributed by atoms with Crippen LogP contribution in [-0.2, 0) is 4.57 Å². The molecule has 0 radical (unpaired) electrons. The lowest BCUT2D eigenvalue weighted by Crippen LogP contribution is -2.11. The van der Waals surface area contributed by atoms with Crippen molar-refractivity contribution in [2.45, 2.75) is 20.8 Å². The van der Waals surface area contributed by atoms with Crippen molar-refractivity contribution in [3.05, 3.63) is 0 Å². The van der Waals surface area contributed by atoms with E-state index in [2.05, 4.69) is 0 Å². The fourth-order valence-electron chi connectivity index (χ4n) is 0.387. The molecule has 0 rings (SSSR count). The van der Waals surface area contributed by atoms with Crippen LogP contribution in [-0.4, -0.2) is 6.16 Å². The first kappa shape index (κ1) is 8.06. The Bertz CT molecular complexity index is 93.1. The van der Waals surface area contributed by atoms with E-state index in [1.54, 1.807) is 0 Å². The maximum Gasteiger partial charge on any atom is 0.309 e. The molecule has 0 saturated carbocycles. The second kappa shape index (κ2) is 2.56. The van der Waals surface area contributed by atoms with Crippen LogP contribution in [0.4, 0.5) is 0 Å². The van der Waals surface area contributed by atoms with Gasteiger partial charge in [0.2, 0.25) is 0 Å². The first-order valence-electron chi connectivity index (χ1n) is 2.53. The van der Waals surface area contributed by atoms with Gasteiger partial charge in [-0.2, -0.15) is 0 Å². The van der Waals surface area contributed by atoms with E-state index < -0.39 is 8.03 Å². The maximum atomic E-state index is 10.1. The molecule has 0 heterocycles. The maximum absolute atomic E-state index is 10.1. The van der Waals surface area contributed by atoms with Crippen molar-refractivity contribution in [3.63, 3.8) is 0 Å². The second-order valence-electron chi connectivity index (χ2n) is 3.05. The third-order valence-electron chi connectivity index (χ3n) is 0.603. The van der Waals surface area contributed by atoms with Crippen LogP contribution in [0.3, 0.4) is 0 Å². The first-order chi connectivity index (χ1) is 3.42. The minimum absolute atomic E-state index is 0.0742. The monoisotopic (exact) mass is 134 g/mol. The zero-order valence-electron chi connectivity index (χ0n) is 5.47. The quantitative estimate of drug-likeness (QED) is 0.504. The molecule has 0 saturated heterocycles. The molecule has 0 N–H and O–H groups in total. The van der Waals surface area contributed by atoms with Gasteiger partial charge in [-0.05, 0) is 0 Å². The van der Waals surface area contributed by atoms with Gasteiger partial charge in [0.25, 0.3) is 0 Å². The van der Waals surface area contributed by atoms with Crippen LogP contribution < -0.4 is 4.89 Å². The topological polar surface area (TPSA) is 40.1 Å². The number of hydrogen-bond donors (Lipinski definition) is 0. The summed E-state index contributed by atoms with van der Waals surface area (Å²) in [6.45, 7) is 5.70. The Morgan fingerprint density at radius 1 is 1.50 bits per heavy atom. The zero-order valence-corrected chi connectivity index (χ0v) is 6.37. The third-order valence-corrected chi connectivity index (χ3v) is 1.81. The molecule has 0 aromatic rings. The molecule has 48 valence electrons. The molecule has 3 heteroatoms. The summed E-state index contributed by atoms with van der Waals surface area (Å²) in [5.41, 5.74) is -0.0742. The molecular formula is C5H11O2P. The highest BCUT2D eigenvalue weighted by atomic mass is 31.1. The van der Waals surface area contributed by atoms with Gasteiger partial charge in [-0.1, -0.05) is 25.3 Å². The van der Waals surface area contributed by atoms with Gasteiger partial charge < -0.3 is 4.89 Å². The van der Waals surface area contributed by atoms with Gasteiger partial charge >= 0.3 is 8.03 Å². The summed E-state index contributed by atoms with van der Waals surface area (Å²) in [5.74, 6) is 0. The molecule has 0 fully saturated rings. The van der Waals surface area contributed by atoms with Crippen molar-refractivity contribution >= 4 is 8.03 Å².